The largest absolute Gasteiger partial charge is 0.494 e. The summed E-state index contributed by atoms with van der Waals surface area (Å²) in [6, 6.07) is 5.73. The normalized spacial score (nSPS) is 21.1. The molecule has 0 amide bonds. The summed E-state index contributed by atoms with van der Waals surface area (Å²) < 4.78 is 19.0. The highest BCUT2D eigenvalue weighted by Crippen LogP contribution is 2.19. The molecule has 1 fully saturated rings. The molecule has 1 aromatic carbocycles. The van der Waals surface area contributed by atoms with E-state index < -0.39 is 0 Å². The minimum Gasteiger partial charge on any atom is -0.494 e. The Labute approximate surface area is 120 Å². The second-order valence-corrected chi connectivity index (χ2v) is 5.46. The van der Waals surface area contributed by atoms with Gasteiger partial charge in [0.2, 0.25) is 0 Å². The average Bonchev–Trinajstić information content (AvgIpc) is 2.44. The molecule has 1 aliphatic rings. The Bertz CT molecular complexity index is 441. The van der Waals surface area contributed by atoms with Gasteiger partial charge in [0, 0.05) is 44.3 Å². The number of halogens is 1. The standard InChI is InChI=1S/C15H24FN3O/c1-18-7-8-19(2)13(11-18)10-17-9-12-5-4-6-14(20-3)15(12)16/h4-6,13,17H,7-11H2,1-3H3. The number of rotatable bonds is 5. The minimum atomic E-state index is -0.267. The van der Waals surface area contributed by atoms with Gasteiger partial charge in [-0.05, 0) is 20.2 Å². The lowest BCUT2D eigenvalue weighted by Crippen LogP contribution is -2.53. The number of methoxy groups -OCH3 is 1. The number of likely N-dealkylation sites (N-methyl/N-ethyl adjacent to an activating group) is 2. The minimum absolute atomic E-state index is 0.267. The van der Waals surface area contributed by atoms with Crippen LogP contribution in [0, 0.1) is 5.82 Å². The third-order valence-corrected chi connectivity index (χ3v) is 3.94. The van der Waals surface area contributed by atoms with Gasteiger partial charge in [0.25, 0.3) is 0 Å². The number of nitrogens with zero attached hydrogens (tertiary/aromatic N) is 2. The highest BCUT2D eigenvalue weighted by molar-refractivity contribution is 5.30. The summed E-state index contributed by atoms with van der Waals surface area (Å²) in [5.74, 6) is 0.0374. The van der Waals surface area contributed by atoms with Crippen molar-refractivity contribution in [2.24, 2.45) is 0 Å². The van der Waals surface area contributed by atoms with E-state index in [1.54, 1.807) is 12.1 Å². The van der Waals surface area contributed by atoms with Crippen molar-refractivity contribution in [2.75, 3.05) is 47.4 Å². The van der Waals surface area contributed by atoms with Crippen molar-refractivity contribution < 1.29 is 9.13 Å². The third kappa shape index (κ3) is 3.69. The van der Waals surface area contributed by atoms with Crippen LogP contribution >= 0.6 is 0 Å². The van der Waals surface area contributed by atoms with Crippen LogP contribution in [0.1, 0.15) is 5.56 Å². The highest BCUT2D eigenvalue weighted by Gasteiger charge is 2.21. The lowest BCUT2D eigenvalue weighted by molar-refractivity contribution is 0.113. The summed E-state index contributed by atoms with van der Waals surface area (Å²) in [5, 5.41) is 3.35. The zero-order chi connectivity index (χ0) is 14.5. The Morgan fingerprint density at radius 1 is 1.35 bits per heavy atom. The SMILES string of the molecule is COc1cccc(CNCC2CN(C)CCN2C)c1F. The molecule has 1 unspecified atom stereocenters. The Balaban J connectivity index is 1.86. The second-order valence-electron chi connectivity index (χ2n) is 5.46. The van der Waals surface area contributed by atoms with Crippen LogP contribution in [0.25, 0.3) is 0 Å². The summed E-state index contributed by atoms with van der Waals surface area (Å²) in [4.78, 5) is 4.69. The van der Waals surface area contributed by atoms with Gasteiger partial charge in [-0.15, -0.1) is 0 Å². The fourth-order valence-corrected chi connectivity index (χ4v) is 2.55. The van der Waals surface area contributed by atoms with Crippen molar-refractivity contribution in [3.8, 4) is 5.75 Å². The number of benzene rings is 1. The lowest BCUT2D eigenvalue weighted by atomic mass is 10.1. The van der Waals surface area contributed by atoms with Crippen molar-refractivity contribution in [3.63, 3.8) is 0 Å². The van der Waals surface area contributed by atoms with Gasteiger partial charge in [-0.25, -0.2) is 4.39 Å². The number of piperazine rings is 1. The van der Waals surface area contributed by atoms with E-state index in [9.17, 15) is 4.39 Å². The molecule has 20 heavy (non-hydrogen) atoms. The molecule has 0 bridgehead atoms. The molecule has 0 spiro atoms. The van der Waals surface area contributed by atoms with Crippen molar-refractivity contribution in [2.45, 2.75) is 12.6 Å². The molecule has 0 aliphatic carbocycles. The predicted octanol–water partition coefficient (Wildman–Crippen LogP) is 1.17. The first kappa shape index (κ1) is 15.2. The van der Waals surface area contributed by atoms with Gasteiger partial charge in [-0.1, -0.05) is 12.1 Å². The van der Waals surface area contributed by atoms with Crippen LogP contribution in [0.15, 0.2) is 18.2 Å². The van der Waals surface area contributed by atoms with E-state index in [-0.39, 0.29) is 5.82 Å². The molecule has 0 aromatic heterocycles. The van der Waals surface area contributed by atoms with Crippen LogP contribution in [-0.4, -0.2) is 63.2 Å². The number of hydrogen-bond acceptors (Lipinski definition) is 4. The molecule has 1 saturated heterocycles. The molecule has 1 atom stereocenters. The molecule has 1 heterocycles. The molecular weight excluding hydrogens is 257 g/mol. The van der Waals surface area contributed by atoms with E-state index in [2.05, 4.69) is 29.2 Å². The van der Waals surface area contributed by atoms with Crippen LogP contribution in [0.3, 0.4) is 0 Å². The monoisotopic (exact) mass is 281 g/mol. The maximum atomic E-state index is 14.0. The van der Waals surface area contributed by atoms with Gasteiger partial charge in [-0.2, -0.15) is 0 Å². The van der Waals surface area contributed by atoms with Gasteiger partial charge in [0.1, 0.15) is 0 Å². The molecule has 5 heteroatoms. The summed E-state index contributed by atoms with van der Waals surface area (Å²) in [5.41, 5.74) is 0.649. The molecule has 2 rings (SSSR count). The van der Waals surface area contributed by atoms with Crippen molar-refractivity contribution in [1.29, 1.82) is 0 Å². The molecule has 1 aliphatic heterocycles. The van der Waals surface area contributed by atoms with Gasteiger partial charge >= 0.3 is 0 Å². The van der Waals surface area contributed by atoms with E-state index in [1.807, 2.05) is 6.07 Å². The van der Waals surface area contributed by atoms with E-state index >= 15 is 0 Å². The molecule has 4 nitrogen and oxygen atoms in total. The van der Waals surface area contributed by atoms with Crippen molar-refractivity contribution in [3.05, 3.63) is 29.6 Å². The van der Waals surface area contributed by atoms with Crippen LogP contribution in [0.2, 0.25) is 0 Å². The number of ether oxygens (including phenoxy) is 1. The summed E-state index contributed by atoms with van der Waals surface area (Å²) in [7, 11) is 5.77. The average molecular weight is 281 g/mol. The number of nitrogens with one attached hydrogen (secondary N) is 1. The van der Waals surface area contributed by atoms with Crippen molar-refractivity contribution >= 4 is 0 Å². The molecule has 112 valence electrons. The smallest absolute Gasteiger partial charge is 0.169 e. The fourth-order valence-electron chi connectivity index (χ4n) is 2.55. The van der Waals surface area contributed by atoms with Gasteiger partial charge in [-0.3, -0.25) is 4.90 Å². The van der Waals surface area contributed by atoms with Crippen LogP contribution in [0.4, 0.5) is 4.39 Å². The maximum Gasteiger partial charge on any atom is 0.169 e. The summed E-state index contributed by atoms with van der Waals surface area (Å²) >= 11 is 0. The predicted molar refractivity (Wildman–Crippen MR) is 78.6 cm³/mol. The zero-order valence-corrected chi connectivity index (χ0v) is 12.5. The van der Waals surface area contributed by atoms with Crippen LogP contribution < -0.4 is 10.1 Å². The summed E-state index contributed by atoms with van der Waals surface area (Å²) in [6.07, 6.45) is 0. The topological polar surface area (TPSA) is 27.7 Å². The number of hydrogen-bond donors (Lipinski definition) is 1. The van der Waals surface area contributed by atoms with E-state index in [0.717, 1.165) is 26.2 Å². The lowest BCUT2D eigenvalue weighted by Gasteiger charge is -2.37. The Kier molecular flexibility index (Phi) is 5.34. The quantitative estimate of drug-likeness (QED) is 0.877. The molecule has 1 aromatic rings. The highest BCUT2D eigenvalue weighted by atomic mass is 19.1. The van der Waals surface area contributed by atoms with Crippen LogP contribution in [-0.2, 0) is 6.54 Å². The summed E-state index contributed by atoms with van der Waals surface area (Å²) in [6.45, 7) is 4.62. The third-order valence-electron chi connectivity index (χ3n) is 3.94. The van der Waals surface area contributed by atoms with Gasteiger partial charge in [0.05, 0.1) is 7.11 Å². The van der Waals surface area contributed by atoms with E-state index in [0.29, 0.717) is 23.9 Å². The van der Waals surface area contributed by atoms with Crippen LogP contribution in [0.5, 0.6) is 5.75 Å². The Hall–Kier alpha value is -1.17. The Morgan fingerprint density at radius 2 is 2.15 bits per heavy atom. The Morgan fingerprint density at radius 3 is 2.90 bits per heavy atom. The van der Waals surface area contributed by atoms with Gasteiger partial charge < -0.3 is 15.0 Å². The zero-order valence-electron chi connectivity index (χ0n) is 12.5. The molecular formula is C15H24FN3O. The van der Waals surface area contributed by atoms with Crippen molar-refractivity contribution in [1.82, 2.24) is 15.1 Å². The maximum absolute atomic E-state index is 14.0. The molecule has 0 saturated carbocycles. The first-order valence-electron chi connectivity index (χ1n) is 7.02. The fraction of sp³-hybridized carbons (Fsp3) is 0.600. The van der Waals surface area contributed by atoms with E-state index in [4.69, 9.17) is 4.74 Å². The first-order valence-corrected chi connectivity index (χ1v) is 7.02. The second kappa shape index (κ2) is 7.02. The first-order chi connectivity index (χ1) is 9.61. The molecule has 0 radical (unpaired) electrons. The van der Waals surface area contributed by atoms with E-state index in [1.165, 1.54) is 7.11 Å². The molecule has 1 N–H and O–H groups in total. The van der Waals surface area contributed by atoms with Gasteiger partial charge in [0.15, 0.2) is 11.6 Å².